The highest BCUT2D eigenvalue weighted by Gasteiger charge is 2.07. The van der Waals surface area contributed by atoms with Crippen molar-refractivity contribution >= 4 is 61.5 Å². The molecule has 0 atom stereocenters. The zero-order valence-corrected chi connectivity index (χ0v) is 17.1. The maximum atomic E-state index is 11.9. The molecule has 0 aliphatic heterocycles. The Morgan fingerprint density at radius 1 is 1.35 bits per heavy atom. The van der Waals surface area contributed by atoms with Crippen LogP contribution < -0.4 is 10.2 Å². The largest absolute Gasteiger partial charge is 0.506 e. The van der Waals surface area contributed by atoms with E-state index in [4.69, 9.17) is 4.74 Å². The average molecular weight is 526 g/mol. The van der Waals surface area contributed by atoms with Crippen molar-refractivity contribution in [2.45, 2.75) is 0 Å². The second-order valence-electron chi connectivity index (χ2n) is 5.25. The summed E-state index contributed by atoms with van der Waals surface area (Å²) in [6.45, 7) is -0.177. The summed E-state index contributed by atoms with van der Waals surface area (Å²) in [5, 5.41) is 14.6. The topological polar surface area (TPSA) is 83.8 Å². The number of rotatable bonds is 5. The molecule has 1 amide bonds. The predicted molar refractivity (Wildman–Crippen MR) is 111 cm³/mol. The molecule has 0 aliphatic rings. The van der Waals surface area contributed by atoms with E-state index in [-0.39, 0.29) is 18.3 Å². The summed E-state index contributed by atoms with van der Waals surface area (Å²) in [7, 11) is 0. The van der Waals surface area contributed by atoms with Crippen LogP contribution in [0.25, 0.3) is 10.9 Å². The molecule has 0 saturated carbocycles. The molecule has 1 heterocycles. The summed E-state index contributed by atoms with van der Waals surface area (Å²) in [6, 6.07) is 12.8. The van der Waals surface area contributed by atoms with E-state index in [2.05, 4.69) is 31.4 Å². The van der Waals surface area contributed by atoms with Crippen molar-refractivity contribution in [1.82, 2.24) is 10.4 Å². The van der Waals surface area contributed by atoms with Gasteiger partial charge < -0.3 is 9.84 Å². The van der Waals surface area contributed by atoms with Gasteiger partial charge in [-0.2, -0.15) is 5.10 Å². The molecular formula is C18H13BrIN3O3. The van der Waals surface area contributed by atoms with Crippen molar-refractivity contribution in [2.75, 3.05) is 6.61 Å². The zero-order valence-electron chi connectivity index (χ0n) is 13.3. The fourth-order valence-electron chi connectivity index (χ4n) is 2.21. The lowest BCUT2D eigenvalue weighted by Crippen LogP contribution is -2.24. The van der Waals surface area contributed by atoms with E-state index in [1.54, 1.807) is 24.4 Å². The molecule has 0 unspecified atom stereocenters. The zero-order chi connectivity index (χ0) is 18.5. The van der Waals surface area contributed by atoms with Crippen LogP contribution in [0.2, 0.25) is 0 Å². The number of aromatic nitrogens is 1. The Kier molecular flexibility index (Phi) is 6.04. The number of phenols is 1. The van der Waals surface area contributed by atoms with Crippen molar-refractivity contribution < 1.29 is 14.6 Å². The molecule has 8 heteroatoms. The number of hydrogen-bond acceptors (Lipinski definition) is 5. The van der Waals surface area contributed by atoms with Crippen LogP contribution in [0.3, 0.4) is 0 Å². The Morgan fingerprint density at radius 2 is 2.15 bits per heavy atom. The van der Waals surface area contributed by atoms with Gasteiger partial charge in [0.1, 0.15) is 17.0 Å². The van der Waals surface area contributed by atoms with Gasteiger partial charge in [-0.15, -0.1) is 0 Å². The van der Waals surface area contributed by atoms with Gasteiger partial charge in [-0.05, 0) is 68.3 Å². The third kappa shape index (κ3) is 4.50. The number of amides is 1. The Balaban J connectivity index is 1.59. The highest BCUT2D eigenvalue weighted by Crippen LogP contribution is 2.29. The molecule has 2 aromatic carbocycles. The van der Waals surface area contributed by atoms with Gasteiger partial charge in [0.25, 0.3) is 5.91 Å². The molecule has 0 radical (unpaired) electrons. The van der Waals surface area contributed by atoms with Gasteiger partial charge in [-0.25, -0.2) is 5.43 Å². The predicted octanol–water partition coefficient (Wildman–Crippen LogP) is 3.84. The minimum Gasteiger partial charge on any atom is -0.506 e. The van der Waals surface area contributed by atoms with Gasteiger partial charge in [0, 0.05) is 11.6 Å². The minimum absolute atomic E-state index is 0.170. The third-order valence-electron chi connectivity index (χ3n) is 3.40. The van der Waals surface area contributed by atoms with Crippen LogP contribution in [-0.2, 0) is 4.79 Å². The van der Waals surface area contributed by atoms with Crippen LogP contribution in [0.4, 0.5) is 0 Å². The minimum atomic E-state index is -0.387. The highest BCUT2D eigenvalue weighted by atomic mass is 127. The van der Waals surface area contributed by atoms with Crippen LogP contribution in [0, 0.1) is 3.57 Å². The number of phenolic OH excluding ortho intramolecular Hbond substituents is 1. The van der Waals surface area contributed by atoms with Crippen molar-refractivity contribution in [2.24, 2.45) is 5.10 Å². The van der Waals surface area contributed by atoms with E-state index >= 15 is 0 Å². The number of carbonyl (C=O) groups excluding carboxylic acids is 1. The molecule has 0 saturated heterocycles. The first kappa shape index (κ1) is 18.6. The number of fused-ring (bicyclic) bond motifs is 1. The molecule has 0 bridgehead atoms. The van der Waals surface area contributed by atoms with Gasteiger partial charge in [0.15, 0.2) is 6.61 Å². The van der Waals surface area contributed by atoms with Crippen LogP contribution in [0.1, 0.15) is 5.56 Å². The third-order valence-corrected chi connectivity index (χ3v) is 4.82. The molecular weight excluding hydrogens is 513 g/mol. The molecule has 3 aromatic rings. The molecule has 0 aliphatic carbocycles. The van der Waals surface area contributed by atoms with Gasteiger partial charge in [-0.1, -0.05) is 18.2 Å². The van der Waals surface area contributed by atoms with Gasteiger partial charge in [-0.3, -0.25) is 9.78 Å². The summed E-state index contributed by atoms with van der Waals surface area (Å²) >= 11 is 5.27. The number of para-hydroxylation sites is 1. The fraction of sp³-hybridized carbons (Fsp3) is 0.0556. The summed E-state index contributed by atoms with van der Waals surface area (Å²) in [6.07, 6.45) is 3.17. The first-order chi connectivity index (χ1) is 12.5. The van der Waals surface area contributed by atoms with Gasteiger partial charge >= 0.3 is 0 Å². The lowest BCUT2D eigenvalue weighted by Gasteiger charge is -2.07. The Labute approximate surface area is 171 Å². The molecule has 1 aromatic heterocycles. The molecule has 2 N–H and O–H groups in total. The monoisotopic (exact) mass is 525 g/mol. The Morgan fingerprint density at radius 3 is 2.96 bits per heavy atom. The number of aromatic hydroxyl groups is 1. The van der Waals surface area contributed by atoms with Gasteiger partial charge in [0.05, 0.1) is 14.3 Å². The van der Waals surface area contributed by atoms with Crippen molar-refractivity contribution in [3.05, 3.63) is 62.3 Å². The van der Waals surface area contributed by atoms with E-state index in [0.29, 0.717) is 19.3 Å². The SMILES string of the molecule is O=C(COc1cccc2cccnc12)NN=Cc1cc(Br)c(O)c(I)c1. The Hall–Kier alpha value is -2.20. The van der Waals surface area contributed by atoms with Crippen LogP contribution in [-0.4, -0.2) is 28.8 Å². The molecule has 132 valence electrons. The molecule has 6 nitrogen and oxygen atoms in total. The number of hydrogen-bond donors (Lipinski definition) is 2. The lowest BCUT2D eigenvalue weighted by atomic mass is 10.2. The summed E-state index contributed by atoms with van der Waals surface area (Å²) in [4.78, 5) is 16.2. The summed E-state index contributed by atoms with van der Waals surface area (Å²) in [5.41, 5.74) is 3.85. The maximum Gasteiger partial charge on any atom is 0.277 e. The van der Waals surface area contributed by atoms with Crippen molar-refractivity contribution in [3.63, 3.8) is 0 Å². The normalized spacial score (nSPS) is 11.0. The lowest BCUT2D eigenvalue weighted by molar-refractivity contribution is -0.123. The smallest absolute Gasteiger partial charge is 0.277 e. The van der Waals surface area contributed by atoms with E-state index in [9.17, 15) is 9.90 Å². The second-order valence-corrected chi connectivity index (χ2v) is 7.26. The highest BCUT2D eigenvalue weighted by molar-refractivity contribution is 14.1. The number of nitrogens with zero attached hydrogens (tertiary/aromatic N) is 2. The number of ether oxygens (including phenoxy) is 1. The number of benzene rings is 2. The molecule has 0 fully saturated rings. The second kappa shape index (κ2) is 8.45. The average Bonchev–Trinajstić information content (AvgIpc) is 2.64. The number of pyridine rings is 1. The fourth-order valence-corrected chi connectivity index (χ4v) is 3.71. The number of hydrazone groups is 1. The van der Waals surface area contributed by atoms with E-state index < -0.39 is 0 Å². The quantitative estimate of drug-likeness (QED) is 0.301. The van der Waals surface area contributed by atoms with E-state index in [1.165, 1.54) is 6.21 Å². The van der Waals surface area contributed by atoms with Crippen molar-refractivity contribution in [3.8, 4) is 11.5 Å². The summed E-state index contributed by atoms with van der Waals surface area (Å²) in [5.74, 6) is 0.324. The van der Waals surface area contributed by atoms with Crippen LogP contribution in [0.5, 0.6) is 11.5 Å². The first-order valence-corrected chi connectivity index (χ1v) is 9.38. The van der Waals surface area contributed by atoms with Gasteiger partial charge in [0.2, 0.25) is 0 Å². The number of nitrogens with one attached hydrogen (secondary N) is 1. The number of halogens is 2. The molecule has 0 spiro atoms. The summed E-state index contributed by atoms with van der Waals surface area (Å²) < 4.78 is 6.78. The maximum absolute atomic E-state index is 11.9. The standard InChI is InChI=1S/C18H13BrIN3O3/c19-13-7-11(8-14(20)18(13)25)9-22-23-16(24)10-26-15-5-1-3-12-4-2-6-21-17(12)15/h1-9,25H,10H2,(H,23,24). The number of carbonyl (C=O) groups is 1. The van der Waals surface area contributed by atoms with Crippen LogP contribution in [0.15, 0.2) is 58.2 Å². The molecule has 3 rings (SSSR count). The van der Waals surface area contributed by atoms with Crippen molar-refractivity contribution in [1.29, 1.82) is 0 Å². The van der Waals surface area contributed by atoms with E-state index in [0.717, 1.165) is 10.9 Å². The van der Waals surface area contributed by atoms with E-state index in [1.807, 2.05) is 46.9 Å². The Bertz CT molecular complexity index is 966. The van der Waals surface area contributed by atoms with Crippen LogP contribution >= 0.6 is 38.5 Å². The first-order valence-electron chi connectivity index (χ1n) is 7.51. The molecule has 26 heavy (non-hydrogen) atoms.